The fourth-order valence-corrected chi connectivity index (χ4v) is 1.61. The lowest BCUT2D eigenvalue weighted by atomic mass is 10.0. The maximum Gasteiger partial charge on any atom is 0.0502 e. The van der Waals surface area contributed by atoms with E-state index in [1.54, 1.807) is 6.08 Å². The third-order valence-electron chi connectivity index (χ3n) is 2.52. The second kappa shape index (κ2) is 4.55. The van der Waals surface area contributed by atoms with Gasteiger partial charge in [0.15, 0.2) is 0 Å². The lowest BCUT2D eigenvalue weighted by molar-refractivity contribution is 1.24. The molecular weight excluding hydrogens is 194 g/mol. The molecule has 2 rings (SSSR count). The van der Waals surface area contributed by atoms with Crippen molar-refractivity contribution in [1.82, 2.24) is 0 Å². The number of benzene rings is 1. The SMILES string of the molecule is C=C/C1=C(\C=C)CNc2ccccc2C#C1. The molecule has 0 fully saturated rings. The first-order chi connectivity index (χ1) is 7.85. The van der Waals surface area contributed by atoms with Crippen molar-refractivity contribution in [3.05, 3.63) is 66.3 Å². The molecule has 1 aliphatic rings. The Hall–Kier alpha value is -2.20. The first kappa shape index (κ1) is 10.3. The summed E-state index contributed by atoms with van der Waals surface area (Å²) >= 11 is 0. The van der Waals surface area contributed by atoms with Crippen molar-refractivity contribution in [2.24, 2.45) is 0 Å². The highest BCUT2D eigenvalue weighted by atomic mass is 14.9. The van der Waals surface area contributed by atoms with Gasteiger partial charge in [-0.1, -0.05) is 49.3 Å². The van der Waals surface area contributed by atoms with Crippen molar-refractivity contribution in [3.8, 4) is 11.8 Å². The van der Waals surface area contributed by atoms with E-state index in [-0.39, 0.29) is 0 Å². The molecule has 0 saturated carbocycles. The molecule has 0 radical (unpaired) electrons. The van der Waals surface area contributed by atoms with E-state index in [9.17, 15) is 0 Å². The molecule has 0 aromatic heterocycles. The van der Waals surface area contributed by atoms with Gasteiger partial charge in [0.25, 0.3) is 0 Å². The fourth-order valence-electron chi connectivity index (χ4n) is 1.61. The summed E-state index contributed by atoms with van der Waals surface area (Å²) in [6.07, 6.45) is 3.60. The van der Waals surface area contributed by atoms with Gasteiger partial charge in [-0.05, 0) is 17.7 Å². The Bertz CT molecular complexity index is 524. The van der Waals surface area contributed by atoms with Gasteiger partial charge in [-0.2, -0.15) is 0 Å². The summed E-state index contributed by atoms with van der Waals surface area (Å²) in [6, 6.07) is 8.03. The highest BCUT2D eigenvalue weighted by Crippen LogP contribution is 2.18. The van der Waals surface area contributed by atoms with Crippen LogP contribution in [0.25, 0.3) is 0 Å². The van der Waals surface area contributed by atoms with Crippen LogP contribution >= 0.6 is 0 Å². The van der Waals surface area contributed by atoms with Gasteiger partial charge < -0.3 is 5.32 Å². The van der Waals surface area contributed by atoms with Gasteiger partial charge in [0.2, 0.25) is 0 Å². The van der Waals surface area contributed by atoms with E-state index >= 15 is 0 Å². The number of fused-ring (bicyclic) bond motifs is 1. The lowest BCUT2D eigenvalue weighted by Gasteiger charge is -2.12. The zero-order valence-electron chi connectivity index (χ0n) is 9.09. The molecule has 1 heteroatoms. The molecule has 0 atom stereocenters. The Morgan fingerprint density at radius 3 is 2.69 bits per heavy atom. The van der Waals surface area contributed by atoms with Gasteiger partial charge in [0.05, 0.1) is 5.69 Å². The summed E-state index contributed by atoms with van der Waals surface area (Å²) in [4.78, 5) is 0. The van der Waals surface area contributed by atoms with E-state index in [1.165, 1.54) is 0 Å². The number of para-hydroxylation sites is 1. The third-order valence-corrected chi connectivity index (χ3v) is 2.52. The lowest BCUT2D eigenvalue weighted by Crippen LogP contribution is -2.07. The minimum atomic E-state index is 0.733. The second-order valence-corrected chi connectivity index (χ2v) is 3.50. The Kier molecular flexibility index (Phi) is 2.93. The Morgan fingerprint density at radius 2 is 1.94 bits per heavy atom. The minimum Gasteiger partial charge on any atom is -0.380 e. The van der Waals surface area contributed by atoms with Crippen molar-refractivity contribution in [2.75, 3.05) is 11.9 Å². The van der Waals surface area contributed by atoms with E-state index in [0.29, 0.717) is 0 Å². The standard InChI is InChI=1S/C15H13N/c1-3-12-9-10-14-7-5-6-8-15(14)16-11-13(12)4-2/h3-8,16H,1-2,11H2/b13-12-. The topological polar surface area (TPSA) is 12.0 Å². The number of hydrogen-bond donors (Lipinski definition) is 1. The molecule has 0 unspecified atom stereocenters. The molecule has 0 aliphatic carbocycles. The van der Waals surface area contributed by atoms with Gasteiger partial charge in [-0.3, -0.25) is 0 Å². The second-order valence-electron chi connectivity index (χ2n) is 3.50. The van der Waals surface area contributed by atoms with Crippen molar-refractivity contribution in [3.63, 3.8) is 0 Å². The highest BCUT2D eigenvalue weighted by molar-refractivity contribution is 5.64. The van der Waals surface area contributed by atoms with Crippen LogP contribution in [0.4, 0.5) is 5.69 Å². The largest absolute Gasteiger partial charge is 0.380 e. The van der Waals surface area contributed by atoms with Gasteiger partial charge in [0.1, 0.15) is 0 Å². The first-order valence-electron chi connectivity index (χ1n) is 5.18. The molecule has 0 saturated heterocycles. The Balaban J connectivity index is 2.52. The molecule has 0 amide bonds. The molecule has 1 aliphatic heterocycles. The van der Waals surface area contributed by atoms with Crippen LogP contribution in [0.1, 0.15) is 5.56 Å². The highest BCUT2D eigenvalue weighted by Gasteiger charge is 2.04. The van der Waals surface area contributed by atoms with Gasteiger partial charge in [0, 0.05) is 17.7 Å². The van der Waals surface area contributed by atoms with Gasteiger partial charge in [-0.15, -0.1) is 0 Å². The maximum absolute atomic E-state index is 3.80. The number of nitrogens with one attached hydrogen (secondary N) is 1. The number of allylic oxidation sites excluding steroid dienone is 2. The maximum atomic E-state index is 3.80. The van der Waals surface area contributed by atoms with E-state index in [0.717, 1.165) is 28.9 Å². The predicted octanol–water partition coefficient (Wildman–Crippen LogP) is 3.13. The van der Waals surface area contributed by atoms with Crippen LogP contribution in [0, 0.1) is 11.8 Å². The third kappa shape index (κ3) is 1.92. The normalized spacial score (nSPS) is 18.0. The van der Waals surface area contributed by atoms with Crippen LogP contribution in [0.3, 0.4) is 0 Å². The molecule has 1 heterocycles. The smallest absolute Gasteiger partial charge is 0.0502 e. The predicted molar refractivity (Wildman–Crippen MR) is 69.2 cm³/mol. The van der Waals surface area contributed by atoms with Crippen LogP contribution in [0.5, 0.6) is 0 Å². The van der Waals surface area contributed by atoms with E-state index in [1.807, 2.05) is 30.3 Å². The quantitative estimate of drug-likeness (QED) is 0.735. The molecule has 16 heavy (non-hydrogen) atoms. The Labute approximate surface area is 96.2 Å². The summed E-state index contributed by atoms with van der Waals surface area (Å²) in [5.41, 5.74) is 4.11. The van der Waals surface area contributed by atoms with Crippen LogP contribution in [-0.2, 0) is 0 Å². The van der Waals surface area contributed by atoms with Crippen molar-refractivity contribution in [1.29, 1.82) is 0 Å². The van der Waals surface area contributed by atoms with Crippen molar-refractivity contribution < 1.29 is 0 Å². The van der Waals surface area contributed by atoms with Crippen LogP contribution in [-0.4, -0.2) is 6.54 Å². The van der Waals surface area contributed by atoms with Crippen molar-refractivity contribution in [2.45, 2.75) is 0 Å². The van der Waals surface area contributed by atoms with Gasteiger partial charge in [-0.25, -0.2) is 0 Å². The summed E-state index contributed by atoms with van der Waals surface area (Å²) in [5, 5.41) is 3.35. The summed E-state index contributed by atoms with van der Waals surface area (Å²) < 4.78 is 0. The molecular formula is C15H13N. The van der Waals surface area contributed by atoms with Crippen LogP contribution in [0.2, 0.25) is 0 Å². The molecule has 1 nitrogen and oxygen atoms in total. The number of hydrogen-bond acceptors (Lipinski definition) is 1. The summed E-state index contributed by atoms with van der Waals surface area (Å²) in [7, 11) is 0. The average Bonchev–Trinajstić information content (AvgIpc) is 2.31. The molecule has 1 N–H and O–H groups in total. The van der Waals surface area contributed by atoms with E-state index < -0.39 is 0 Å². The monoisotopic (exact) mass is 207 g/mol. The average molecular weight is 207 g/mol. The summed E-state index contributed by atoms with van der Waals surface area (Å²) in [6.45, 7) is 8.30. The molecule has 0 spiro atoms. The zero-order valence-corrected chi connectivity index (χ0v) is 9.09. The number of anilines is 1. The molecule has 1 aromatic carbocycles. The first-order valence-corrected chi connectivity index (χ1v) is 5.18. The molecule has 78 valence electrons. The van der Waals surface area contributed by atoms with Gasteiger partial charge >= 0.3 is 0 Å². The minimum absolute atomic E-state index is 0.733. The Morgan fingerprint density at radius 1 is 1.12 bits per heavy atom. The van der Waals surface area contributed by atoms with Crippen LogP contribution in [0.15, 0.2) is 60.7 Å². The van der Waals surface area contributed by atoms with E-state index in [4.69, 9.17) is 0 Å². The summed E-state index contributed by atoms with van der Waals surface area (Å²) in [5.74, 6) is 6.27. The number of rotatable bonds is 2. The fraction of sp³-hybridized carbons (Fsp3) is 0.0667. The molecule has 0 bridgehead atoms. The van der Waals surface area contributed by atoms with E-state index in [2.05, 4.69) is 30.3 Å². The molecule has 1 aromatic rings. The van der Waals surface area contributed by atoms with Crippen LogP contribution < -0.4 is 5.32 Å². The zero-order chi connectivity index (χ0) is 11.4. The van der Waals surface area contributed by atoms with Crippen molar-refractivity contribution >= 4 is 5.69 Å².